The van der Waals surface area contributed by atoms with Gasteiger partial charge in [-0.05, 0) is 102 Å². The van der Waals surface area contributed by atoms with Crippen LogP contribution in [0, 0.1) is 0 Å². The first-order valence-corrected chi connectivity index (χ1v) is 15.4. The maximum absolute atomic E-state index is 13.4. The molecule has 222 valence electrons. The monoisotopic (exact) mass is 639 g/mol. The molecule has 4 N–H and O–H groups in total. The molecule has 43 heavy (non-hydrogen) atoms. The van der Waals surface area contributed by atoms with Crippen molar-refractivity contribution in [1.82, 2.24) is 10.2 Å². The van der Waals surface area contributed by atoms with Gasteiger partial charge in [0.15, 0.2) is 0 Å². The van der Waals surface area contributed by atoms with Crippen LogP contribution >= 0.6 is 15.9 Å². The first-order chi connectivity index (χ1) is 20.9. The first-order valence-electron chi connectivity index (χ1n) is 14.6. The van der Waals surface area contributed by atoms with E-state index >= 15 is 0 Å². The van der Waals surface area contributed by atoms with Crippen molar-refractivity contribution in [3.05, 3.63) is 130 Å². The van der Waals surface area contributed by atoms with Gasteiger partial charge in [0.1, 0.15) is 5.75 Å². The number of halogens is 1. The number of carbonyl (C=O) groups excluding carboxylic acids is 2. The third-order valence-corrected chi connectivity index (χ3v) is 7.66. The number of rotatable bonds is 14. The van der Waals surface area contributed by atoms with Crippen LogP contribution in [-0.2, 0) is 17.8 Å². The number of nitrogens with one attached hydrogen (secondary N) is 1. The lowest BCUT2D eigenvalue weighted by Gasteiger charge is -2.22. The molecule has 0 radical (unpaired) electrons. The molecule has 0 saturated heterocycles. The number of carbonyl (C=O) groups is 2. The number of hydrogen-bond acceptors (Lipinski definition) is 4. The van der Waals surface area contributed by atoms with Crippen LogP contribution in [0.1, 0.15) is 46.3 Å². The quantitative estimate of drug-likeness (QED) is 0.103. The maximum Gasteiger partial charge on any atom is 0.251 e. The van der Waals surface area contributed by atoms with Gasteiger partial charge in [-0.25, -0.2) is 0 Å². The minimum absolute atomic E-state index is 0.0859. The zero-order chi connectivity index (χ0) is 30.4. The molecule has 0 heterocycles. The van der Waals surface area contributed by atoms with Gasteiger partial charge in [-0.2, -0.15) is 0 Å². The Balaban J connectivity index is 1.49. The molecule has 0 aliphatic rings. The van der Waals surface area contributed by atoms with Crippen LogP contribution in [0.25, 0.3) is 17.2 Å². The molecular formula is C36H38BrN3O3. The third-order valence-electron chi connectivity index (χ3n) is 7.13. The first kappa shape index (κ1) is 31.7. The molecule has 0 atom stereocenters. The SMILES string of the molecule is NCCCCCNC(=O)c1cccc(-c2cccc(CN(CCc3ccc(O)cc3)C(=O)C=Cc3ccc(Br)cc3)c2)c1. The van der Waals surface area contributed by atoms with Gasteiger partial charge in [0.2, 0.25) is 5.91 Å². The van der Waals surface area contributed by atoms with Crippen LogP contribution in [0.3, 0.4) is 0 Å². The molecule has 0 unspecified atom stereocenters. The van der Waals surface area contributed by atoms with Gasteiger partial charge in [-0.1, -0.05) is 76.9 Å². The van der Waals surface area contributed by atoms with Crippen molar-refractivity contribution in [2.45, 2.75) is 32.2 Å². The minimum atomic E-state index is -0.0886. The van der Waals surface area contributed by atoms with Crippen molar-refractivity contribution >= 4 is 33.8 Å². The molecule has 4 rings (SSSR count). The number of amides is 2. The Morgan fingerprint density at radius 2 is 1.56 bits per heavy atom. The number of benzene rings is 4. The molecular weight excluding hydrogens is 602 g/mol. The molecule has 0 bridgehead atoms. The van der Waals surface area contributed by atoms with Crippen LogP contribution in [0.5, 0.6) is 5.75 Å². The van der Waals surface area contributed by atoms with Gasteiger partial charge < -0.3 is 21.1 Å². The Hall–Kier alpha value is -4.20. The van der Waals surface area contributed by atoms with Crippen LogP contribution in [0.15, 0.2) is 108 Å². The number of aromatic hydroxyl groups is 1. The summed E-state index contributed by atoms with van der Waals surface area (Å²) in [6, 6.07) is 30.6. The second-order valence-corrected chi connectivity index (χ2v) is 11.4. The summed E-state index contributed by atoms with van der Waals surface area (Å²) in [4.78, 5) is 28.0. The average Bonchev–Trinajstić information content (AvgIpc) is 3.03. The number of nitrogens with zero attached hydrogens (tertiary/aromatic N) is 1. The summed E-state index contributed by atoms with van der Waals surface area (Å²) in [6.07, 6.45) is 6.96. The second-order valence-electron chi connectivity index (χ2n) is 10.4. The molecule has 0 saturated carbocycles. The Morgan fingerprint density at radius 1 is 0.837 bits per heavy atom. The largest absolute Gasteiger partial charge is 0.508 e. The molecule has 0 aromatic heterocycles. The normalized spacial score (nSPS) is 11.0. The standard InChI is InChI=1S/C36H38BrN3O3/c37-33-15-10-27(11-16-33)14-19-35(42)40(23-20-28-12-17-34(41)18-13-28)26-29-6-4-7-30(24-29)31-8-5-9-32(25-31)36(43)39-22-3-1-2-21-38/h4-19,24-25,41H,1-3,20-23,26,38H2,(H,39,43). The number of hydrogen-bond donors (Lipinski definition) is 3. The fourth-order valence-corrected chi connectivity index (χ4v) is 4.96. The van der Waals surface area contributed by atoms with E-state index in [2.05, 4.69) is 27.3 Å². The number of phenolic OH excluding ortho intramolecular Hbond substituents is 1. The number of nitrogens with two attached hydrogens (primary N) is 1. The number of unbranched alkanes of at least 4 members (excludes halogenated alkanes) is 2. The van der Waals surface area contributed by atoms with Crippen LogP contribution < -0.4 is 11.1 Å². The van der Waals surface area contributed by atoms with Crippen molar-refractivity contribution in [2.75, 3.05) is 19.6 Å². The Morgan fingerprint density at radius 3 is 2.30 bits per heavy atom. The van der Waals surface area contributed by atoms with E-state index in [-0.39, 0.29) is 17.6 Å². The molecule has 6 nitrogen and oxygen atoms in total. The Bertz CT molecular complexity index is 1520. The average molecular weight is 641 g/mol. The zero-order valence-electron chi connectivity index (χ0n) is 24.2. The fourth-order valence-electron chi connectivity index (χ4n) is 4.70. The highest BCUT2D eigenvalue weighted by Crippen LogP contribution is 2.23. The Labute approximate surface area is 262 Å². The summed E-state index contributed by atoms with van der Waals surface area (Å²) in [7, 11) is 0. The summed E-state index contributed by atoms with van der Waals surface area (Å²) < 4.78 is 0.982. The van der Waals surface area contributed by atoms with E-state index in [0.29, 0.717) is 38.2 Å². The van der Waals surface area contributed by atoms with Gasteiger partial charge in [-0.15, -0.1) is 0 Å². The van der Waals surface area contributed by atoms with E-state index in [0.717, 1.165) is 51.6 Å². The van der Waals surface area contributed by atoms with Crippen LogP contribution in [0.4, 0.5) is 0 Å². The molecule has 2 amide bonds. The summed E-state index contributed by atoms with van der Waals surface area (Å²) in [5, 5.41) is 12.6. The van der Waals surface area contributed by atoms with Crippen LogP contribution in [-0.4, -0.2) is 41.5 Å². The van der Waals surface area contributed by atoms with E-state index in [4.69, 9.17) is 5.73 Å². The molecule has 0 aliphatic carbocycles. The summed E-state index contributed by atoms with van der Waals surface area (Å²) in [5.74, 6) is 0.0431. The lowest BCUT2D eigenvalue weighted by Crippen LogP contribution is -2.31. The molecule has 4 aromatic rings. The topological polar surface area (TPSA) is 95.7 Å². The third kappa shape index (κ3) is 10.2. The van der Waals surface area contributed by atoms with Crippen molar-refractivity contribution in [2.24, 2.45) is 5.73 Å². The van der Waals surface area contributed by atoms with Crippen molar-refractivity contribution in [3.63, 3.8) is 0 Å². The van der Waals surface area contributed by atoms with E-state index in [9.17, 15) is 14.7 Å². The highest BCUT2D eigenvalue weighted by atomic mass is 79.9. The van der Waals surface area contributed by atoms with Gasteiger partial charge in [0, 0.05) is 35.7 Å². The predicted molar refractivity (Wildman–Crippen MR) is 178 cm³/mol. The molecule has 0 aliphatic heterocycles. The van der Waals surface area contributed by atoms with Gasteiger partial charge in [0.25, 0.3) is 5.91 Å². The summed E-state index contributed by atoms with van der Waals surface area (Å²) in [5.41, 5.74) is 11.1. The van der Waals surface area contributed by atoms with Crippen molar-refractivity contribution in [3.8, 4) is 16.9 Å². The summed E-state index contributed by atoms with van der Waals surface area (Å²) >= 11 is 3.45. The fraction of sp³-hybridized carbons (Fsp3) is 0.222. The predicted octanol–water partition coefficient (Wildman–Crippen LogP) is 6.97. The van der Waals surface area contributed by atoms with E-state index in [1.807, 2.05) is 89.8 Å². The smallest absolute Gasteiger partial charge is 0.251 e. The Kier molecular flexibility index (Phi) is 12.1. The molecule has 0 fully saturated rings. The van der Waals surface area contributed by atoms with E-state index in [1.54, 1.807) is 18.2 Å². The molecule has 7 heteroatoms. The highest BCUT2D eigenvalue weighted by molar-refractivity contribution is 9.10. The van der Waals surface area contributed by atoms with Crippen molar-refractivity contribution in [1.29, 1.82) is 0 Å². The lowest BCUT2D eigenvalue weighted by molar-refractivity contribution is -0.126. The minimum Gasteiger partial charge on any atom is -0.508 e. The zero-order valence-corrected chi connectivity index (χ0v) is 25.8. The van der Waals surface area contributed by atoms with Gasteiger partial charge in [0.05, 0.1) is 0 Å². The summed E-state index contributed by atoms with van der Waals surface area (Å²) in [6.45, 7) is 2.24. The van der Waals surface area contributed by atoms with Crippen LogP contribution in [0.2, 0.25) is 0 Å². The van der Waals surface area contributed by atoms with E-state index < -0.39 is 0 Å². The molecule has 0 spiro atoms. The maximum atomic E-state index is 13.4. The second kappa shape index (κ2) is 16.4. The lowest BCUT2D eigenvalue weighted by atomic mass is 10.0. The van der Waals surface area contributed by atoms with Gasteiger partial charge >= 0.3 is 0 Å². The highest BCUT2D eigenvalue weighted by Gasteiger charge is 2.13. The van der Waals surface area contributed by atoms with Gasteiger partial charge in [-0.3, -0.25) is 9.59 Å². The number of phenols is 1. The molecule has 4 aromatic carbocycles. The van der Waals surface area contributed by atoms with E-state index in [1.165, 1.54) is 0 Å². The van der Waals surface area contributed by atoms with Crippen molar-refractivity contribution < 1.29 is 14.7 Å².